The van der Waals surface area contributed by atoms with Gasteiger partial charge in [0.2, 0.25) is 5.91 Å². The van der Waals surface area contributed by atoms with Crippen LogP contribution in [0.5, 0.6) is 0 Å². The van der Waals surface area contributed by atoms with Gasteiger partial charge in [-0.1, -0.05) is 90.9 Å². The van der Waals surface area contributed by atoms with Crippen molar-refractivity contribution in [1.82, 2.24) is 4.90 Å². The first-order chi connectivity index (χ1) is 15.7. The highest BCUT2D eigenvalue weighted by molar-refractivity contribution is 7.85. The van der Waals surface area contributed by atoms with E-state index in [0.29, 0.717) is 19.3 Å². The van der Waals surface area contributed by atoms with Gasteiger partial charge in [-0.3, -0.25) is 4.79 Å². The number of carbonyl (C=O) groups excluding carboxylic acids is 1. The second-order valence-corrected chi connectivity index (χ2v) is 11.7. The number of nitrogens with zero attached hydrogens (tertiary/aromatic N) is 1. The van der Waals surface area contributed by atoms with Gasteiger partial charge in [0.15, 0.2) is 0 Å². The second kappa shape index (κ2) is 19.6. The first-order valence-corrected chi connectivity index (χ1v) is 15.2. The molecule has 0 fully saturated rings. The van der Waals surface area contributed by atoms with Gasteiger partial charge in [-0.05, 0) is 19.3 Å². The zero-order valence-corrected chi connectivity index (χ0v) is 23.0. The summed E-state index contributed by atoms with van der Waals surface area (Å²) < 4.78 is 33.3. The highest BCUT2D eigenvalue weighted by Gasteiger charge is 2.35. The molecule has 0 aromatic carbocycles. The molecule has 7 heteroatoms. The normalized spacial score (nSPS) is 13.7. The summed E-state index contributed by atoms with van der Waals surface area (Å²) in [6.07, 6.45) is 20.1. The quantitative estimate of drug-likeness (QED) is 0.161. The Bertz CT molecular complexity index is 581. The maximum Gasteiger partial charge on any atom is 0.228 e. The molecule has 0 spiro atoms. The number of quaternary nitrogens is 1. The minimum absolute atomic E-state index is 0.0713. The van der Waals surface area contributed by atoms with Crippen LogP contribution in [0, 0.1) is 0 Å². The van der Waals surface area contributed by atoms with E-state index in [1.54, 1.807) is 19.0 Å². The van der Waals surface area contributed by atoms with Gasteiger partial charge >= 0.3 is 0 Å². The zero-order chi connectivity index (χ0) is 25.0. The molecule has 0 aromatic rings. The molecule has 0 saturated heterocycles. The van der Waals surface area contributed by atoms with E-state index < -0.39 is 10.1 Å². The molecule has 0 aliphatic heterocycles. The number of unbranched alkanes of at least 4 members (excludes halogenated alkanes) is 12. The van der Waals surface area contributed by atoms with Crippen molar-refractivity contribution in [2.24, 2.45) is 0 Å². The van der Waals surface area contributed by atoms with Crippen LogP contribution in [0.15, 0.2) is 0 Å². The molecule has 0 rings (SSSR count). The zero-order valence-electron chi connectivity index (χ0n) is 22.2. The smallest absolute Gasteiger partial charge is 0.228 e. The van der Waals surface area contributed by atoms with Crippen molar-refractivity contribution in [3.05, 3.63) is 0 Å². The Morgan fingerprint density at radius 1 is 0.758 bits per heavy atom. The lowest BCUT2D eigenvalue weighted by Gasteiger charge is -2.32. The highest BCUT2D eigenvalue weighted by Crippen LogP contribution is 2.23. The molecular formula is C26H54N2O4S. The van der Waals surface area contributed by atoms with Crippen LogP contribution in [0.1, 0.15) is 129 Å². The van der Waals surface area contributed by atoms with Gasteiger partial charge in [0.05, 0.1) is 23.1 Å². The molecule has 0 radical (unpaired) electrons. The number of rotatable bonds is 23. The van der Waals surface area contributed by atoms with Crippen molar-refractivity contribution in [3.8, 4) is 0 Å². The average molecular weight is 491 g/mol. The monoisotopic (exact) mass is 490 g/mol. The molecule has 1 amide bonds. The molecule has 6 nitrogen and oxygen atoms in total. The van der Waals surface area contributed by atoms with Crippen molar-refractivity contribution in [3.63, 3.8) is 0 Å². The summed E-state index contributed by atoms with van der Waals surface area (Å²) >= 11 is 0. The van der Waals surface area contributed by atoms with Crippen molar-refractivity contribution < 1.29 is 23.1 Å². The molecule has 0 saturated carbocycles. The van der Waals surface area contributed by atoms with Crippen molar-refractivity contribution in [2.45, 2.75) is 135 Å². The first kappa shape index (κ1) is 32.3. The van der Waals surface area contributed by atoms with E-state index in [4.69, 9.17) is 0 Å². The summed E-state index contributed by atoms with van der Waals surface area (Å²) in [4.78, 5) is 14.2. The van der Waals surface area contributed by atoms with Gasteiger partial charge in [0.1, 0.15) is 5.54 Å². The van der Waals surface area contributed by atoms with Crippen molar-refractivity contribution in [2.75, 3.05) is 26.4 Å². The van der Waals surface area contributed by atoms with Crippen LogP contribution in [0.3, 0.4) is 0 Å². The third-order valence-electron chi connectivity index (χ3n) is 6.72. The molecule has 0 aromatic heterocycles. The van der Waals surface area contributed by atoms with Gasteiger partial charge in [-0.2, -0.15) is 0 Å². The number of hydrogen-bond acceptors (Lipinski definition) is 4. The molecule has 33 heavy (non-hydrogen) atoms. The van der Waals surface area contributed by atoms with Crippen LogP contribution < -0.4 is 5.32 Å². The van der Waals surface area contributed by atoms with E-state index in [9.17, 15) is 17.8 Å². The molecule has 1 atom stereocenters. The van der Waals surface area contributed by atoms with E-state index in [0.717, 1.165) is 32.2 Å². The Morgan fingerprint density at radius 2 is 1.21 bits per heavy atom. The predicted octanol–water partition coefficient (Wildman–Crippen LogP) is 4.98. The van der Waals surface area contributed by atoms with E-state index in [1.807, 2.05) is 0 Å². The standard InChI is InChI=1S/C26H54N2O4S/c1-5-7-8-9-10-11-12-13-14-15-16-17-18-20-26(27-22-6-2,24-25(29)28(3)4)21-19-23-33(30,31)32/h27H,5-24H2,1-4H3,(H,30,31,32). The number of hydrogen-bond donors (Lipinski definition) is 1. The third-order valence-corrected chi connectivity index (χ3v) is 7.50. The molecule has 0 heterocycles. The maximum absolute atomic E-state index is 12.5. The van der Waals surface area contributed by atoms with Crippen LogP contribution in [0.4, 0.5) is 0 Å². The summed E-state index contributed by atoms with van der Waals surface area (Å²) in [7, 11) is -0.691. The van der Waals surface area contributed by atoms with Gasteiger partial charge in [-0.15, -0.1) is 0 Å². The number of carbonyl (C=O) groups is 1. The van der Waals surface area contributed by atoms with Gasteiger partial charge in [0.25, 0.3) is 0 Å². The fraction of sp³-hybridized carbons (Fsp3) is 0.962. The Labute approximate surface area is 205 Å². The summed E-state index contributed by atoms with van der Waals surface area (Å²) in [6, 6.07) is 0. The lowest BCUT2D eigenvalue weighted by Crippen LogP contribution is -2.97. The molecule has 2 N–H and O–H groups in total. The summed E-state index contributed by atoms with van der Waals surface area (Å²) in [5.74, 6) is -0.272. The van der Waals surface area contributed by atoms with Gasteiger partial charge in [-0.25, -0.2) is 8.42 Å². The molecule has 198 valence electrons. The van der Waals surface area contributed by atoms with E-state index in [-0.39, 0.29) is 17.2 Å². The second-order valence-electron chi connectivity index (χ2n) is 10.2. The summed E-state index contributed by atoms with van der Waals surface area (Å²) in [5, 5.41) is 2.24. The number of amides is 1. The SMILES string of the molecule is CCCCCCCCCCCCCCCC(CCCS(=O)(=O)[O-])(CC(=O)N(C)C)[NH2+]CCC. The van der Waals surface area contributed by atoms with Crippen molar-refractivity contribution >= 4 is 16.0 Å². The van der Waals surface area contributed by atoms with Crippen LogP contribution in [-0.4, -0.2) is 55.7 Å². The fourth-order valence-electron chi connectivity index (χ4n) is 4.58. The fourth-order valence-corrected chi connectivity index (χ4v) is 5.08. The maximum atomic E-state index is 12.5. The van der Waals surface area contributed by atoms with E-state index >= 15 is 0 Å². The number of nitrogens with two attached hydrogens (primary N) is 1. The average Bonchev–Trinajstić information content (AvgIpc) is 2.74. The molecule has 1 unspecified atom stereocenters. The summed E-state index contributed by atoms with van der Waals surface area (Å²) in [6.45, 7) is 5.28. The first-order valence-electron chi connectivity index (χ1n) is 13.6. The minimum atomic E-state index is -4.22. The van der Waals surface area contributed by atoms with Gasteiger partial charge < -0.3 is 14.8 Å². The van der Waals surface area contributed by atoms with Crippen LogP contribution >= 0.6 is 0 Å². The lowest BCUT2D eigenvalue weighted by molar-refractivity contribution is -0.728. The Balaban J connectivity index is 4.42. The topological polar surface area (TPSA) is 94.1 Å². The molecule has 0 bridgehead atoms. The summed E-state index contributed by atoms with van der Waals surface area (Å²) in [5.41, 5.74) is -0.306. The molecule has 0 aliphatic carbocycles. The lowest BCUT2D eigenvalue weighted by atomic mass is 9.83. The predicted molar refractivity (Wildman–Crippen MR) is 137 cm³/mol. The highest BCUT2D eigenvalue weighted by atomic mass is 32.2. The molecule has 0 aliphatic rings. The van der Waals surface area contributed by atoms with Crippen LogP contribution in [0.25, 0.3) is 0 Å². The Hall–Kier alpha value is -0.660. The van der Waals surface area contributed by atoms with E-state index in [1.165, 1.54) is 70.6 Å². The van der Waals surface area contributed by atoms with Crippen molar-refractivity contribution in [1.29, 1.82) is 0 Å². The Morgan fingerprint density at radius 3 is 1.64 bits per heavy atom. The van der Waals surface area contributed by atoms with Crippen LogP contribution in [-0.2, 0) is 14.9 Å². The minimum Gasteiger partial charge on any atom is -0.748 e. The third kappa shape index (κ3) is 19.3. The Kier molecular flexibility index (Phi) is 19.2. The largest absolute Gasteiger partial charge is 0.748 e. The van der Waals surface area contributed by atoms with Crippen LogP contribution in [0.2, 0.25) is 0 Å². The van der Waals surface area contributed by atoms with E-state index in [2.05, 4.69) is 19.2 Å². The van der Waals surface area contributed by atoms with Gasteiger partial charge in [0, 0.05) is 32.7 Å². The molecular weight excluding hydrogens is 436 g/mol.